The lowest BCUT2D eigenvalue weighted by Crippen LogP contribution is -2.31. The fourth-order valence-corrected chi connectivity index (χ4v) is 2.12. The molecule has 1 amide bonds. The fraction of sp³-hybridized carbons (Fsp3) is 0.308. The number of aliphatic hydroxyl groups is 1. The Morgan fingerprint density at radius 3 is 2.90 bits per heavy atom. The molecule has 7 heteroatoms. The Hall–Kier alpha value is -1.92. The Balaban J connectivity index is 2.02. The average molecular weight is 295 g/mol. The third-order valence-corrected chi connectivity index (χ3v) is 3.27. The third kappa shape index (κ3) is 3.15. The van der Waals surface area contributed by atoms with E-state index in [1.165, 1.54) is 10.9 Å². The summed E-state index contributed by atoms with van der Waals surface area (Å²) in [6.07, 6.45) is 4.75. The van der Waals surface area contributed by atoms with Crippen molar-refractivity contribution in [2.24, 2.45) is 7.05 Å². The molecule has 1 unspecified atom stereocenters. The monoisotopic (exact) mass is 294 g/mol. The van der Waals surface area contributed by atoms with Crippen LogP contribution in [0.15, 0.2) is 30.7 Å². The minimum absolute atomic E-state index is 0.0783. The molecule has 2 rings (SSSR count). The van der Waals surface area contributed by atoms with Crippen LogP contribution in [0.3, 0.4) is 0 Å². The molecular weight excluding hydrogens is 280 g/mol. The van der Waals surface area contributed by atoms with E-state index in [1.807, 2.05) is 6.07 Å². The number of pyridine rings is 1. The summed E-state index contributed by atoms with van der Waals surface area (Å²) in [6.45, 7) is 0.216. The highest BCUT2D eigenvalue weighted by atomic mass is 35.5. The Morgan fingerprint density at radius 1 is 1.55 bits per heavy atom. The quantitative estimate of drug-likeness (QED) is 0.861. The van der Waals surface area contributed by atoms with Gasteiger partial charge >= 0.3 is 0 Å². The van der Waals surface area contributed by atoms with E-state index >= 15 is 0 Å². The highest BCUT2D eigenvalue weighted by Crippen LogP contribution is 2.15. The van der Waals surface area contributed by atoms with Gasteiger partial charge in [0.05, 0.1) is 17.8 Å². The standard InChI is InChI=1S/C13H15ClN4O2/c1-18-12(11(14)7-17-18)13(20)16-6-10(8-19)9-3-2-4-15-5-9/h2-5,7,10,19H,6,8H2,1H3,(H,16,20). The summed E-state index contributed by atoms with van der Waals surface area (Å²) in [4.78, 5) is 16.0. The number of rotatable bonds is 5. The van der Waals surface area contributed by atoms with Crippen LogP contribution in [0, 0.1) is 0 Å². The van der Waals surface area contributed by atoms with Gasteiger partial charge in [-0.2, -0.15) is 5.10 Å². The summed E-state index contributed by atoms with van der Waals surface area (Å²) >= 11 is 5.90. The molecule has 2 aromatic heterocycles. The van der Waals surface area contributed by atoms with Gasteiger partial charge in [-0.3, -0.25) is 14.5 Å². The first kappa shape index (κ1) is 14.5. The van der Waals surface area contributed by atoms with Crippen molar-refractivity contribution in [2.75, 3.05) is 13.2 Å². The van der Waals surface area contributed by atoms with Gasteiger partial charge in [0.15, 0.2) is 0 Å². The van der Waals surface area contributed by atoms with E-state index in [-0.39, 0.29) is 18.4 Å². The highest BCUT2D eigenvalue weighted by molar-refractivity contribution is 6.33. The molecule has 0 aliphatic rings. The zero-order chi connectivity index (χ0) is 14.5. The van der Waals surface area contributed by atoms with Crippen molar-refractivity contribution in [3.63, 3.8) is 0 Å². The van der Waals surface area contributed by atoms with Gasteiger partial charge in [-0.25, -0.2) is 0 Å². The number of halogens is 1. The van der Waals surface area contributed by atoms with Gasteiger partial charge in [-0.1, -0.05) is 17.7 Å². The summed E-state index contributed by atoms with van der Waals surface area (Å²) in [5.41, 5.74) is 1.17. The molecule has 0 fully saturated rings. The number of nitrogens with one attached hydrogen (secondary N) is 1. The number of carbonyl (C=O) groups is 1. The minimum atomic E-state index is -0.322. The molecule has 6 nitrogen and oxygen atoms in total. The van der Waals surface area contributed by atoms with E-state index in [1.54, 1.807) is 25.5 Å². The van der Waals surface area contributed by atoms with Gasteiger partial charge in [0, 0.05) is 31.9 Å². The van der Waals surface area contributed by atoms with E-state index in [0.717, 1.165) is 5.56 Å². The Labute approximate surface area is 121 Å². The molecule has 0 aliphatic carbocycles. The van der Waals surface area contributed by atoms with Crippen molar-refractivity contribution in [1.82, 2.24) is 20.1 Å². The molecule has 0 aliphatic heterocycles. The van der Waals surface area contributed by atoms with Gasteiger partial charge in [0.1, 0.15) is 5.69 Å². The number of nitrogens with zero attached hydrogens (tertiary/aromatic N) is 3. The van der Waals surface area contributed by atoms with Crippen LogP contribution in [-0.2, 0) is 7.05 Å². The molecular formula is C13H15ClN4O2. The third-order valence-electron chi connectivity index (χ3n) is 2.99. The maximum Gasteiger partial charge on any atom is 0.271 e. The normalized spacial score (nSPS) is 12.2. The van der Waals surface area contributed by atoms with Crippen molar-refractivity contribution in [3.05, 3.63) is 47.0 Å². The number of aliphatic hydroxyl groups excluding tert-OH is 1. The topological polar surface area (TPSA) is 80.0 Å². The molecule has 0 saturated carbocycles. The molecule has 0 spiro atoms. The number of hydrogen-bond donors (Lipinski definition) is 2. The van der Waals surface area contributed by atoms with Crippen molar-refractivity contribution < 1.29 is 9.90 Å². The molecule has 2 aromatic rings. The SMILES string of the molecule is Cn1ncc(Cl)c1C(=O)NCC(CO)c1cccnc1. The second-order valence-corrected chi connectivity index (χ2v) is 4.75. The van der Waals surface area contributed by atoms with Crippen LogP contribution >= 0.6 is 11.6 Å². The number of amides is 1. The fourth-order valence-electron chi connectivity index (χ4n) is 1.87. The van der Waals surface area contributed by atoms with Gasteiger partial charge in [-0.15, -0.1) is 0 Å². The van der Waals surface area contributed by atoms with Crippen LogP contribution in [-0.4, -0.2) is 38.9 Å². The van der Waals surface area contributed by atoms with Gasteiger partial charge in [-0.05, 0) is 11.6 Å². The van der Waals surface area contributed by atoms with Crippen molar-refractivity contribution >= 4 is 17.5 Å². The van der Waals surface area contributed by atoms with Crippen LogP contribution < -0.4 is 5.32 Å². The highest BCUT2D eigenvalue weighted by Gasteiger charge is 2.17. The molecule has 2 heterocycles. The van der Waals surface area contributed by atoms with Crippen LogP contribution in [0.5, 0.6) is 0 Å². The average Bonchev–Trinajstić information content (AvgIpc) is 2.80. The number of aromatic nitrogens is 3. The molecule has 20 heavy (non-hydrogen) atoms. The molecule has 2 N–H and O–H groups in total. The molecule has 0 radical (unpaired) electrons. The molecule has 106 valence electrons. The summed E-state index contributed by atoms with van der Waals surface area (Å²) in [5.74, 6) is -0.531. The first-order valence-electron chi connectivity index (χ1n) is 6.10. The van der Waals surface area contributed by atoms with E-state index in [9.17, 15) is 9.90 Å². The maximum atomic E-state index is 12.0. The number of hydrogen-bond acceptors (Lipinski definition) is 4. The van der Waals surface area contributed by atoms with Gasteiger partial charge in [0.25, 0.3) is 5.91 Å². The summed E-state index contributed by atoms with van der Waals surface area (Å²) in [5, 5.41) is 16.4. The van der Waals surface area contributed by atoms with E-state index in [0.29, 0.717) is 17.3 Å². The molecule has 0 saturated heterocycles. The zero-order valence-electron chi connectivity index (χ0n) is 11.0. The van der Waals surface area contributed by atoms with Gasteiger partial charge in [0.2, 0.25) is 0 Å². The van der Waals surface area contributed by atoms with E-state index in [4.69, 9.17) is 11.6 Å². The largest absolute Gasteiger partial charge is 0.396 e. The summed E-state index contributed by atoms with van der Waals surface area (Å²) < 4.78 is 1.41. The zero-order valence-corrected chi connectivity index (χ0v) is 11.7. The predicted octanol–water partition coefficient (Wildman–Crippen LogP) is 0.974. The molecule has 1 atom stereocenters. The van der Waals surface area contributed by atoms with Crippen LogP contribution in [0.4, 0.5) is 0 Å². The van der Waals surface area contributed by atoms with E-state index < -0.39 is 0 Å². The lowest BCUT2D eigenvalue weighted by atomic mass is 10.0. The van der Waals surface area contributed by atoms with Crippen LogP contribution in [0.2, 0.25) is 5.02 Å². The Kier molecular flexibility index (Phi) is 4.70. The summed E-state index contributed by atoms with van der Waals surface area (Å²) in [7, 11) is 1.64. The van der Waals surface area contributed by atoms with Crippen molar-refractivity contribution in [1.29, 1.82) is 0 Å². The molecule has 0 aromatic carbocycles. The first-order chi connectivity index (χ1) is 9.63. The predicted molar refractivity (Wildman–Crippen MR) is 74.6 cm³/mol. The molecule has 0 bridgehead atoms. The Bertz CT molecular complexity index is 566. The van der Waals surface area contributed by atoms with Crippen molar-refractivity contribution in [3.8, 4) is 0 Å². The maximum absolute atomic E-state index is 12.0. The van der Waals surface area contributed by atoms with Crippen LogP contribution in [0.1, 0.15) is 22.0 Å². The number of aryl methyl sites for hydroxylation is 1. The van der Waals surface area contributed by atoms with Crippen molar-refractivity contribution in [2.45, 2.75) is 5.92 Å². The second-order valence-electron chi connectivity index (χ2n) is 4.34. The Morgan fingerprint density at radius 2 is 2.35 bits per heavy atom. The lowest BCUT2D eigenvalue weighted by molar-refractivity contribution is 0.0938. The van der Waals surface area contributed by atoms with Gasteiger partial charge < -0.3 is 10.4 Å². The second kappa shape index (κ2) is 6.49. The first-order valence-corrected chi connectivity index (χ1v) is 6.47. The minimum Gasteiger partial charge on any atom is -0.396 e. The lowest BCUT2D eigenvalue weighted by Gasteiger charge is -2.15. The number of carbonyl (C=O) groups excluding carboxylic acids is 1. The van der Waals surface area contributed by atoms with Crippen LogP contribution in [0.25, 0.3) is 0 Å². The summed E-state index contributed by atoms with van der Waals surface area (Å²) in [6, 6.07) is 3.65. The smallest absolute Gasteiger partial charge is 0.271 e. The van der Waals surface area contributed by atoms with E-state index in [2.05, 4.69) is 15.4 Å².